The Kier molecular flexibility index (Phi) is 8.83. The van der Waals surface area contributed by atoms with Gasteiger partial charge >= 0.3 is 0 Å². The molecule has 0 atom stereocenters. The van der Waals surface area contributed by atoms with E-state index in [-0.39, 0.29) is 0 Å². The van der Waals surface area contributed by atoms with Gasteiger partial charge < -0.3 is 14.7 Å². The highest BCUT2D eigenvalue weighted by atomic mass is 16.5. The fraction of sp³-hybridized carbons (Fsp3) is 0.146. The van der Waals surface area contributed by atoms with Gasteiger partial charge in [0.15, 0.2) is 5.69 Å². The predicted molar refractivity (Wildman–Crippen MR) is 226 cm³/mol. The molecule has 2 aliphatic rings. The van der Waals surface area contributed by atoms with Gasteiger partial charge in [0.2, 0.25) is 6.33 Å². The van der Waals surface area contributed by atoms with Crippen molar-refractivity contribution in [3.8, 4) is 44.8 Å². The minimum Gasteiger partial charge on any atom is -0.497 e. The lowest BCUT2D eigenvalue weighted by molar-refractivity contribution is -0.696. The van der Waals surface area contributed by atoms with Crippen molar-refractivity contribution < 1.29 is 9.30 Å². The van der Waals surface area contributed by atoms with E-state index >= 15 is 0 Å². The van der Waals surface area contributed by atoms with E-state index in [0.29, 0.717) is 0 Å². The van der Waals surface area contributed by atoms with E-state index in [4.69, 9.17) is 14.7 Å². The second kappa shape index (κ2) is 14.3. The van der Waals surface area contributed by atoms with Gasteiger partial charge in [0.05, 0.1) is 36.3 Å². The van der Waals surface area contributed by atoms with Gasteiger partial charge in [0, 0.05) is 33.2 Å². The number of aromatic amines is 2. The molecule has 7 nitrogen and oxygen atoms in total. The van der Waals surface area contributed by atoms with Crippen molar-refractivity contribution in [1.82, 2.24) is 24.5 Å². The number of benzene rings is 3. The summed E-state index contributed by atoms with van der Waals surface area (Å²) in [5.74, 6) is 0.804. The molecule has 2 N–H and O–H groups in total. The number of rotatable bonds is 8. The Bertz CT molecular complexity index is 2730. The van der Waals surface area contributed by atoms with Crippen LogP contribution in [0.3, 0.4) is 0 Å². The van der Waals surface area contributed by atoms with Crippen molar-refractivity contribution in [2.24, 2.45) is 0 Å². The molecule has 7 heteroatoms. The molecular weight excluding hydrogens is 677 g/mol. The van der Waals surface area contributed by atoms with Crippen LogP contribution in [-0.2, 0) is 6.54 Å². The summed E-state index contributed by atoms with van der Waals surface area (Å²) in [6.07, 6.45) is 17.3. The van der Waals surface area contributed by atoms with Gasteiger partial charge in [-0.3, -0.25) is 0 Å². The summed E-state index contributed by atoms with van der Waals surface area (Å²) in [6.45, 7) is 7.42. The smallest absolute Gasteiger partial charge is 0.249 e. The Morgan fingerprint density at radius 1 is 0.582 bits per heavy atom. The summed E-state index contributed by atoms with van der Waals surface area (Å²) in [6, 6.07) is 34.3. The van der Waals surface area contributed by atoms with Crippen LogP contribution >= 0.6 is 0 Å². The number of hydrogen-bond acceptors (Lipinski definition) is 3. The van der Waals surface area contributed by atoms with E-state index < -0.39 is 0 Å². The summed E-state index contributed by atoms with van der Waals surface area (Å²) in [5, 5.41) is 0. The van der Waals surface area contributed by atoms with Gasteiger partial charge in [0.1, 0.15) is 23.8 Å². The van der Waals surface area contributed by atoms with Crippen molar-refractivity contribution in [3.05, 3.63) is 150 Å². The zero-order valence-electron chi connectivity index (χ0n) is 31.6. The molecule has 270 valence electrons. The number of nitrogens with one attached hydrogen (secondary N) is 2. The van der Waals surface area contributed by atoms with Crippen LogP contribution in [0.25, 0.3) is 85.4 Å². The number of ether oxygens (including phenoxy) is 1. The molecular formula is C48H43N6O+. The average Bonchev–Trinajstić information content (AvgIpc) is 4.07. The predicted octanol–water partition coefficient (Wildman–Crippen LogP) is 11.2. The fourth-order valence-corrected chi connectivity index (χ4v) is 7.57. The molecule has 8 bridgehead atoms. The molecule has 0 saturated heterocycles. The van der Waals surface area contributed by atoms with Crippen molar-refractivity contribution >= 4 is 46.4 Å². The standard InChI is InChI=1S/C48H43N6O/c1-5-6-27-53-28-29-54(30-53)48-43-25-23-41(51-43)45(33-11-7-31(2)8-12-33)37-19-21-39(49-37)47(35-15-17-36(55-4)18-16-35)40-22-20-38(50-40)46(42-24-26-44(48)52-42)34-13-9-32(3)10-14-34/h7-26,28-30,49,52H,5-6,27H2,1-4H3/q+1. The molecule has 6 heterocycles. The van der Waals surface area contributed by atoms with Crippen molar-refractivity contribution in [1.29, 1.82) is 0 Å². The minimum atomic E-state index is 0.804. The zero-order chi connectivity index (χ0) is 37.5. The highest BCUT2D eigenvalue weighted by Crippen LogP contribution is 2.37. The molecule has 0 radical (unpaired) electrons. The van der Waals surface area contributed by atoms with Gasteiger partial charge in [-0.15, -0.1) is 0 Å². The maximum Gasteiger partial charge on any atom is 0.249 e. The molecule has 0 spiro atoms. The number of nitrogens with zero attached hydrogens (tertiary/aromatic N) is 4. The lowest BCUT2D eigenvalue weighted by Crippen LogP contribution is -2.30. The number of methoxy groups -OCH3 is 1. The van der Waals surface area contributed by atoms with Gasteiger partial charge in [-0.25, -0.2) is 14.5 Å². The molecule has 55 heavy (non-hydrogen) atoms. The summed E-state index contributed by atoms with van der Waals surface area (Å²) in [7, 11) is 1.69. The Labute approximate surface area is 321 Å². The number of imidazole rings is 1. The van der Waals surface area contributed by atoms with Crippen LogP contribution in [0.1, 0.15) is 53.7 Å². The Morgan fingerprint density at radius 3 is 1.55 bits per heavy atom. The Hall–Kier alpha value is -6.73. The van der Waals surface area contributed by atoms with Crippen LogP contribution in [0.15, 0.2) is 116 Å². The first-order valence-corrected chi connectivity index (χ1v) is 19.0. The van der Waals surface area contributed by atoms with Crippen LogP contribution in [0.4, 0.5) is 0 Å². The highest BCUT2D eigenvalue weighted by molar-refractivity contribution is 5.98. The van der Waals surface area contributed by atoms with Crippen molar-refractivity contribution in [2.75, 3.05) is 7.11 Å². The minimum absolute atomic E-state index is 0.804. The third kappa shape index (κ3) is 6.48. The number of unbranched alkanes of at least 4 members (excludes halogenated alkanes) is 1. The van der Waals surface area contributed by atoms with Gasteiger partial charge in [-0.1, -0.05) is 85.1 Å². The SMILES string of the molecule is CCCC[n+]1ccn(-c2c3nc(c(-c4ccc(C)cc4)c4ccc([nH]4)c(-c4ccc(OC)cc4)c4nc(c(-c5ccc(C)cc5)c5ccc2[nH]5)C=C4)C=C3)c1. The first-order chi connectivity index (χ1) is 26.9. The normalized spacial score (nSPS) is 12.1. The molecule has 0 fully saturated rings. The monoisotopic (exact) mass is 719 g/mol. The molecule has 0 unspecified atom stereocenters. The molecule has 4 aromatic heterocycles. The Morgan fingerprint density at radius 2 is 1.04 bits per heavy atom. The van der Waals surface area contributed by atoms with E-state index in [9.17, 15) is 0 Å². The van der Waals surface area contributed by atoms with Crippen LogP contribution in [0.5, 0.6) is 5.75 Å². The second-order valence-electron chi connectivity index (χ2n) is 14.3. The second-order valence-corrected chi connectivity index (χ2v) is 14.3. The van der Waals surface area contributed by atoms with Crippen molar-refractivity contribution in [3.63, 3.8) is 0 Å². The largest absolute Gasteiger partial charge is 0.497 e. The van der Waals surface area contributed by atoms with Crippen LogP contribution < -0.4 is 9.30 Å². The van der Waals surface area contributed by atoms with Crippen LogP contribution in [-0.4, -0.2) is 31.6 Å². The van der Waals surface area contributed by atoms with Gasteiger partial charge in [0.25, 0.3) is 0 Å². The topological polar surface area (TPSA) is 75.4 Å². The quantitative estimate of drug-likeness (QED) is 0.154. The summed E-state index contributed by atoms with van der Waals surface area (Å²) < 4.78 is 9.99. The number of hydrogen-bond donors (Lipinski definition) is 2. The maximum atomic E-state index is 5.54. The van der Waals surface area contributed by atoms with E-state index in [1.165, 1.54) is 11.1 Å². The molecule has 2 aliphatic heterocycles. The third-order valence-electron chi connectivity index (χ3n) is 10.5. The van der Waals surface area contributed by atoms with E-state index in [0.717, 1.165) is 109 Å². The maximum absolute atomic E-state index is 5.54. The Balaban J connectivity index is 1.43. The van der Waals surface area contributed by atoms with Gasteiger partial charge in [-0.05, 0) is 97.7 Å². The van der Waals surface area contributed by atoms with E-state index in [1.807, 2.05) is 12.1 Å². The van der Waals surface area contributed by atoms with Crippen molar-refractivity contribution in [2.45, 2.75) is 40.2 Å². The van der Waals surface area contributed by atoms with E-state index in [1.54, 1.807) is 7.11 Å². The lowest BCUT2D eigenvalue weighted by atomic mass is 10.0. The summed E-state index contributed by atoms with van der Waals surface area (Å²) in [4.78, 5) is 18.5. The van der Waals surface area contributed by atoms with Gasteiger partial charge in [-0.2, -0.15) is 4.57 Å². The molecule has 0 amide bonds. The lowest BCUT2D eigenvalue weighted by Gasteiger charge is -2.07. The number of fused-ring (bicyclic) bond motifs is 8. The molecule has 0 aliphatic carbocycles. The molecule has 7 aromatic rings. The first kappa shape index (κ1) is 34.1. The number of aryl methyl sites for hydroxylation is 3. The fourth-order valence-electron chi connectivity index (χ4n) is 7.57. The molecule has 0 saturated carbocycles. The number of aromatic nitrogens is 6. The summed E-state index contributed by atoms with van der Waals surface area (Å²) in [5.41, 5.74) is 17.1. The highest BCUT2D eigenvalue weighted by Gasteiger charge is 2.21. The average molecular weight is 720 g/mol. The zero-order valence-corrected chi connectivity index (χ0v) is 31.6. The third-order valence-corrected chi connectivity index (χ3v) is 10.5. The van der Waals surface area contributed by atoms with Crippen LogP contribution in [0, 0.1) is 13.8 Å². The summed E-state index contributed by atoms with van der Waals surface area (Å²) >= 11 is 0. The molecule has 9 rings (SSSR count). The van der Waals surface area contributed by atoms with Crippen LogP contribution in [0.2, 0.25) is 0 Å². The number of H-pyrrole nitrogens is 2. The van der Waals surface area contributed by atoms with E-state index in [2.05, 4.69) is 168 Å². The molecule has 3 aromatic carbocycles. The first-order valence-electron chi connectivity index (χ1n) is 19.0.